The van der Waals surface area contributed by atoms with Gasteiger partial charge in [-0.1, -0.05) is 18.2 Å². The maximum absolute atomic E-state index is 12.5. The molecule has 0 aliphatic heterocycles. The number of halogens is 3. The molecule has 104 valence electrons. The van der Waals surface area contributed by atoms with Crippen LogP contribution in [0.1, 0.15) is 36.8 Å². The molecule has 0 saturated carbocycles. The van der Waals surface area contributed by atoms with Crippen LogP contribution in [0.25, 0.3) is 5.57 Å². The Balaban J connectivity index is 2.07. The highest BCUT2D eigenvalue weighted by atomic mass is 19.4. The summed E-state index contributed by atoms with van der Waals surface area (Å²) in [4.78, 5) is 0. The van der Waals surface area contributed by atoms with Gasteiger partial charge in [0.2, 0.25) is 0 Å². The summed E-state index contributed by atoms with van der Waals surface area (Å²) in [6.45, 7) is 0.702. The Morgan fingerprint density at radius 1 is 1.16 bits per heavy atom. The van der Waals surface area contributed by atoms with Crippen LogP contribution in [0.15, 0.2) is 30.3 Å². The van der Waals surface area contributed by atoms with Crippen molar-refractivity contribution in [3.63, 3.8) is 0 Å². The first-order chi connectivity index (χ1) is 9.00. The smallest absolute Gasteiger partial charge is 0.330 e. The number of hydrogen-bond donors (Lipinski definition) is 1. The second kappa shape index (κ2) is 5.78. The van der Waals surface area contributed by atoms with Crippen LogP contribution in [0.5, 0.6) is 0 Å². The van der Waals surface area contributed by atoms with Crippen molar-refractivity contribution in [3.05, 3.63) is 41.5 Å². The Hall–Kier alpha value is -1.29. The maximum atomic E-state index is 12.5. The number of nitrogens with two attached hydrogens (primary N) is 1. The maximum Gasteiger partial charge on any atom is 0.416 e. The number of rotatable bonds is 3. The van der Waals surface area contributed by atoms with Crippen molar-refractivity contribution < 1.29 is 13.2 Å². The molecule has 2 N–H and O–H groups in total. The van der Waals surface area contributed by atoms with Gasteiger partial charge >= 0.3 is 6.18 Å². The van der Waals surface area contributed by atoms with Crippen molar-refractivity contribution in [3.8, 4) is 0 Å². The number of benzene rings is 1. The van der Waals surface area contributed by atoms with E-state index in [1.165, 1.54) is 0 Å². The standard InChI is InChI=1S/C15H18F3N/c16-15(17,18)14-7-5-13(6-8-14)12-3-1-11(2-4-12)9-10-19/h3,5-8,11H,1-2,4,9-10,19H2. The average Bonchev–Trinajstić information content (AvgIpc) is 2.39. The van der Waals surface area contributed by atoms with Gasteiger partial charge in [0.05, 0.1) is 5.56 Å². The van der Waals surface area contributed by atoms with Crippen molar-refractivity contribution in [2.24, 2.45) is 11.7 Å². The fraction of sp³-hybridized carbons (Fsp3) is 0.467. The van der Waals surface area contributed by atoms with Crippen LogP contribution in [0.3, 0.4) is 0 Å². The monoisotopic (exact) mass is 269 g/mol. The zero-order chi connectivity index (χ0) is 13.9. The minimum Gasteiger partial charge on any atom is -0.330 e. The van der Waals surface area contributed by atoms with Crippen LogP contribution >= 0.6 is 0 Å². The van der Waals surface area contributed by atoms with E-state index < -0.39 is 11.7 Å². The Morgan fingerprint density at radius 2 is 1.84 bits per heavy atom. The van der Waals surface area contributed by atoms with Gasteiger partial charge in [0.25, 0.3) is 0 Å². The molecule has 1 nitrogen and oxygen atoms in total. The highest BCUT2D eigenvalue weighted by molar-refractivity contribution is 5.66. The molecule has 0 saturated heterocycles. The summed E-state index contributed by atoms with van der Waals surface area (Å²) in [6, 6.07) is 5.44. The molecule has 0 radical (unpaired) electrons. The molecule has 1 unspecified atom stereocenters. The topological polar surface area (TPSA) is 26.0 Å². The molecule has 2 rings (SSSR count). The molecule has 0 spiro atoms. The van der Waals surface area contributed by atoms with Crippen molar-refractivity contribution in [1.82, 2.24) is 0 Å². The second-order valence-electron chi connectivity index (χ2n) is 5.02. The van der Waals surface area contributed by atoms with E-state index in [1.807, 2.05) is 0 Å². The molecule has 1 aromatic rings. The summed E-state index contributed by atoms with van der Waals surface area (Å²) >= 11 is 0. The van der Waals surface area contributed by atoms with Gasteiger partial charge in [-0.2, -0.15) is 13.2 Å². The molecule has 1 aliphatic carbocycles. The van der Waals surface area contributed by atoms with E-state index in [9.17, 15) is 13.2 Å². The van der Waals surface area contributed by atoms with E-state index in [0.29, 0.717) is 12.5 Å². The summed E-state index contributed by atoms with van der Waals surface area (Å²) < 4.78 is 37.4. The lowest BCUT2D eigenvalue weighted by molar-refractivity contribution is -0.137. The fourth-order valence-corrected chi connectivity index (χ4v) is 2.52. The molecule has 0 amide bonds. The van der Waals surface area contributed by atoms with E-state index in [0.717, 1.165) is 49.0 Å². The first-order valence-electron chi connectivity index (χ1n) is 6.57. The van der Waals surface area contributed by atoms with E-state index in [4.69, 9.17) is 5.73 Å². The van der Waals surface area contributed by atoms with Gasteiger partial charge in [0.15, 0.2) is 0 Å². The second-order valence-corrected chi connectivity index (χ2v) is 5.02. The highest BCUT2D eigenvalue weighted by Crippen LogP contribution is 2.34. The van der Waals surface area contributed by atoms with Gasteiger partial charge in [0, 0.05) is 0 Å². The van der Waals surface area contributed by atoms with Gasteiger partial charge in [-0.25, -0.2) is 0 Å². The van der Waals surface area contributed by atoms with Crippen molar-refractivity contribution in [2.45, 2.75) is 31.9 Å². The molecule has 0 aromatic heterocycles. The minimum atomic E-state index is -4.26. The molecule has 19 heavy (non-hydrogen) atoms. The molecule has 1 aromatic carbocycles. The summed E-state index contributed by atoms with van der Waals surface area (Å²) in [5, 5.41) is 0. The van der Waals surface area contributed by atoms with Gasteiger partial charge < -0.3 is 5.73 Å². The Labute approximate surface area is 111 Å². The molecule has 1 aliphatic rings. The summed E-state index contributed by atoms with van der Waals surface area (Å²) in [7, 11) is 0. The molecule has 1 atom stereocenters. The predicted molar refractivity (Wildman–Crippen MR) is 70.4 cm³/mol. The van der Waals surface area contributed by atoms with Crippen LogP contribution in [0, 0.1) is 5.92 Å². The molecule has 0 bridgehead atoms. The number of hydrogen-bond acceptors (Lipinski definition) is 1. The minimum absolute atomic E-state index is 0.589. The molecule has 4 heteroatoms. The quantitative estimate of drug-likeness (QED) is 0.872. The lowest BCUT2D eigenvalue weighted by Crippen LogP contribution is -2.11. The third kappa shape index (κ3) is 3.60. The third-order valence-corrected chi connectivity index (χ3v) is 3.68. The summed E-state index contributed by atoms with van der Waals surface area (Å²) in [5.74, 6) is 0.628. The van der Waals surface area contributed by atoms with Gasteiger partial charge in [-0.15, -0.1) is 0 Å². The Morgan fingerprint density at radius 3 is 2.32 bits per heavy atom. The van der Waals surface area contributed by atoms with Crippen molar-refractivity contribution in [1.29, 1.82) is 0 Å². The van der Waals surface area contributed by atoms with Crippen LogP contribution in [0.2, 0.25) is 0 Å². The SMILES string of the molecule is NCCC1CC=C(c2ccc(C(F)(F)F)cc2)CC1. The summed E-state index contributed by atoms with van der Waals surface area (Å²) in [5.41, 5.74) is 7.00. The predicted octanol–water partition coefficient (Wildman–Crippen LogP) is 4.24. The van der Waals surface area contributed by atoms with E-state index >= 15 is 0 Å². The Bertz CT molecular complexity index is 445. The first-order valence-corrected chi connectivity index (χ1v) is 6.57. The normalized spacial score (nSPS) is 20.2. The van der Waals surface area contributed by atoms with Crippen LogP contribution in [-0.2, 0) is 6.18 Å². The molecule has 0 fully saturated rings. The zero-order valence-electron chi connectivity index (χ0n) is 10.7. The zero-order valence-corrected chi connectivity index (χ0v) is 10.7. The van der Waals surface area contributed by atoms with Crippen LogP contribution in [-0.4, -0.2) is 6.54 Å². The largest absolute Gasteiger partial charge is 0.416 e. The average molecular weight is 269 g/mol. The first kappa shape index (κ1) is 14.1. The Kier molecular flexibility index (Phi) is 4.30. The lowest BCUT2D eigenvalue weighted by Gasteiger charge is -2.21. The van der Waals surface area contributed by atoms with Crippen molar-refractivity contribution >= 4 is 5.57 Å². The fourth-order valence-electron chi connectivity index (χ4n) is 2.52. The molecular formula is C15H18F3N. The van der Waals surface area contributed by atoms with E-state index in [1.54, 1.807) is 12.1 Å². The third-order valence-electron chi connectivity index (χ3n) is 3.68. The highest BCUT2D eigenvalue weighted by Gasteiger charge is 2.30. The lowest BCUT2D eigenvalue weighted by atomic mass is 9.85. The number of alkyl halides is 3. The molecule has 0 heterocycles. The van der Waals surface area contributed by atoms with E-state index in [-0.39, 0.29) is 0 Å². The van der Waals surface area contributed by atoms with Crippen LogP contribution < -0.4 is 5.73 Å². The van der Waals surface area contributed by atoms with E-state index in [2.05, 4.69) is 6.08 Å². The van der Waals surface area contributed by atoms with Gasteiger partial charge in [-0.3, -0.25) is 0 Å². The summed E-state index contributed by atoms with van der Waals surface area (Å²) in [6.07, 6.45) is 1.89. The molecular weight excluding hydrogens is 251 g/mol. The van der Waals surface area contributed by atoms with Gasteiger partial charge in [-0.05, 0) is 61.4 Å². The van der Waals surface area contributed by atoms with Crippen molar-refractivity contribution in [2.75, 3.05) is 6.54 Å². The van der Waals surface area contributed by atoms with Crippen LogP contribution in [0.4, 0.5) is 13.2 Å². The van der Waals surface area contributed by atoms with Gasteiger partial charge in [0.1, 0.15) is 0 Å². The number of allylic oxidation sites excluding steroid dienone is 2.